The lowest BCUT2D eigenvalue weighted by atomic mass is 9.82. The molecule has 1 unspecified atom stereocenters. The summed E-state index contributed by atoms with van der Waals surface area (Å²) in [5, 5.41) is 0. The number of carbonyl (C=O) groups excluding carboxylic acids is 1. The molecule has 0 saturated heterocycles. The van der Waals surface area contributed by atoms with Gasteiger partial charge in [0.05, 0.1) is 5.56 Å². The summed E-state index contributed by atoms with van der Waals surface area (Å²) in [5.74, 6) is 0.605. The van der Waals surface area contributed by atoms with Gasteiger partial charge in [0.1, 0.15) is 11.9 Å². The van der Waals surface area contributed by atoms with Crippen molar-refractivity contribution < 1.29 is 9.53 Å². The molecule has 1 aromatic heterocycles. The summed E-state index contributed by atoms with van der Waals surface area (Å²) >= 11 is 0. The van der Waals surface area contributed by atoms with Crippen molar-refractivity contribution in [2.24, 2.45) is 5.92 Å². The van der Waals surface area contributed by atoms with Gasteiger partial charge in [-0.25, -0.2) is 4.98 Å². The highest BCUT2D eigenvalue weighted by molar-refractivity contribution is 6.03. The number of nitrogens with zero attached hydrogens (tertiary/aromatic N) is 1. The second kappa shape index (κ2) is 6.66. The Hall–Kier alpha value is -1.42. The normalized spacial score (nSPS) is 18.2. The van der Waals surface area contributed by atoms with Crippen molar-refractivity contribution in [2.75, 3.05) is 12.3 Å². The van der Waals surface area contributed by atoms with Gasteiger partial charge >= 0.3 is 0 Å². The third-order valence-electron chi connectivity index (χ3n) is 3.79. The first kappa shape index (κ1) is 14.0. The van der Waals surface area contributed by atoms with E-state index < -0.39 is 0 Å². The number of nitrogen functional groups attached to an aromatic ring is 1. The zero-order valence-corrected chi connectivity index (χ0v) is 11.5. The van der Waals surface area contributed by atoms with Crippen LogP contribution < -0.4 is 5.73 Å². The van der Waals surface area contributed by atoms with Crippen LogP contribution in [-0.4, -0.2) is 23.5 Å². The first-order chi connectivity index (χ1) is 9.24. The summed E-state index contributed by atoms with van der Waals surface area (Å²) in [6.07, 6.45) is 7.00. The molecule has 1 aliphatic carbocycles. The molecular weight excluding hydrogens is 240 g/mol. The average molecular weight is 262 g/mol. The van der Waals surface area contributed by atoms with Crippen molar-refractivity contribution in [2.45, 2.75) is 45.1 Å². The first-order valence-electron chi connectivity index (χ1n) is 7.10. The number of nitrogens with two attached hydrogens (primary N) is 1. The van der Waals surface area contributed by atoms with Crippen LogP contribution in [0.1, 0.15) is 49.4 Å². The number of pyridine rings is 1. The Morgan fingerprint density at radius 2 is 2.21 bits per heavy atom. The molecule has 0 spiro atoms. The molecule has 4 nitrogen and oxygen atoms in total. The van der Waals surface area contributed by atoms with Crippen LogP contribution in [-0.2, 0) is 4.74 Å². The molecule has 0 aromatic carbocycles. The lowest BCUT2D eigenvalue weighted by Crippen LogP contribution is -2.34. The summed E-state index contributed by atoms with van der Waals surface area (Å²) in [7, 11) is 0. The van der Waals surface area contributed by atoms with Crippen LogP contribution in [0, 0.1) is 5.92 Å². The number of Topliss-reactive ketones (excluding diaryl/α,β-unsaturated/α-hetero) is 1. The standard InChI is InChI=1S/C15H22N2O2/c1-2-19-14(11-7-4-3-5-8-11)13(18)12-9-6-10-17-15(12)16/h6,9-11,14H,2-5,7-8H2,1H3,(H2,16,17). The van der Waals surface area contributed by atoms with Gasteiger partial charge in [-0.05, 0) is 37.8 Å². The number of rotatable bonds is 5. The Morgan fingerprint density at radius 3 is 2.84 bits per heavy atom. The quantitative estimate of drug-likeness (QED) is 0.829. The highest BCUT2D eigenvalue weighted by Gasteiger charge is 2.31. The molecule has 1 aliphatic rings. The van der Waals surface area contributed by atoms with Crippen molar-refractivity contribution in [3.05, 3.63) is 23.9 Å². The summed E-state index contributed by atoms with van der Waals surface area (Å²) in [4.78, 5) is 16.6. The Labute approximate surface area is 114 Å². The summed E-state index contributed by atoms with van der Waals surface area (Å²) in [5.41, 5.74) is 6.29. The Balaban J connectivity index is 2.18. The van der Waals surface area contributed by atoms with E-state index in [1.807, 2.05) is 6.92 Å². The van der Waals surface area contributed by atoms with Crippen LogP contribution in [0.4, 0.5) is 5.82 Å². The Bertz CT molecular complexity index is 428. The molecule has 1 heterocycles. The van der Waals surface area contributed by atoms with E-state index in [0.717, 1.165) is 12.8 Å². The van der Waals surface area contributed by atoms with Crippen LogP contribution in [0.2, 0.25) is 0 Å². The van der Waals surface area contributed by atoms with E-state index in [4.69, 9.17) is 10.5 Å². The molecule has 2 N–H and O–H groups in total. The van der Waals surface area contributed by atoms with Gasteiger partial charge in [0, 0.05) is 12.8 Å². The number of hydrogen-bond donors (Lipinski definition) is 1. The second-order valence-corrected chi connectivity index (χ2v) is 5.07. The van der Waals surface area contributed by atoms with Crippen LogP contribution in [0.3, 0.4) is 0 Å². The lowest BCUT2D eigenvalue weighted by Gasteiger charge is -2.29. The van der Waals surface area contributed by atoms with Gasteiger partial charge in [-0.2, -0.15) is 0 Å². The topological polar surface area (TPSA) is 65.2 Å². The molecule has 104 valence electrons. The largest absolute Gasteiger partial charge is 0.383 e. The predicted molar refractivity (Wildman–Crippen MR) is 75.0 cm³/mol. The second-order valence-electron chi connectivity index (χ2n) is 5.07. The van der Waals surface area contributed by atoms with Gasteiger partial charge in [0.15, 0.2) is 5.78 Å². The van der Waals surface area contributed by atoms with Gasteiger partial charge in [-0.15, -0.1) is 0 Å². The monoisotopic (exact) mass is 262 g/mol. The van der Waals surface area contributed by atoms with Crippen molar-refractivity contribution in [3.8, 4) is 0 Å². The van der Waals surface area contributed by atoms with Crippen molar-refractivity contribution in [1.82, 2.24) is 4.98 Å². The molecule has 0 radical (unpaired) electrons. The maximum atomic E-state index is 12.6. The summed E-state index contributed by atoms with van der Waals surface area (Å²) < 4.78 is 5.72. The first-order valence-corrected chi connectivity index (χ1v) is 7.10. The minimum atomic E-state index is -0.364. The van der Waals surface area contributed by atoms with Gasteiger partial charge in [-0.3, -0.25) is 4.79 Å². The van der Waals surface area contributed by atoms with E-state index in [0.29, 0.717) is 23.9 Å². The fraction of sp³-hybridized carbons (Fsp3) is 0.600. The van der Waals surface area contributed by atoms with E-state index in [1.165, 1.54) is 19.3 Å². The molecule has 4 heteroatoms. The minimum absolute atomic E-state index is 0.0145. The molecule has 1 atom stereocenters. The number of hydrogen-bond acceptors (Lipinski definition) is 4. The van der Waals surface area contributed by atoms with E-state index >= 15 is 0 Å². The molecule has 2 rings (SSSR count). The van der Waals surface area contributed by atoms with E-state index in [1.54, 1.807) is 18.3 Å². The fourth-order valence-electron chi connectivity index (χ4n) is 2.82. The Morgan fingerprint density at radius 1 is 1.47 bits per heavy atom. The van der Waals surface area contributed by atoms with Crippen LogP contribution in [0.25, 0.3) is 0 Å². The van der Waals surface area contributed by atoms with Crippen LogP contribution in [0.5, 0.6) is 0 Å². The zero-order chi connectivity index (χ0) is 13.7. The van der Waals surface area contributed by atoms with Crippen molar-refractivity contribution >= 4 is 11.6 Å². The molecule has 1 aromatic rings. The number of ketones is 1. The predicted octanol–water partition coefficient (Wildman–Crippen LogP) is 2.83. The summed E-state index contributed by atoms with van der Waals surface area (Å²) in [6, 6.07) is 3.48. The van der Waals surface area contributed by atoms with E-state index in [2.05, 4.69) is 4.98 Å². The SMILES string of the molecule is CCOC(C(=O)c1cccnc1N)C1CCCCC1. The van der Waals surface area contributed by atoms with Gasteiger partial charge in [0.25, 0.3) is 0 Å². The number of aromatic nitrogens is 1. The fourth-order valence-corrected chi connectivity index (χ4v) is 2.82. The maximum Gasteiger partial charge on any atom is 0.195 e. The van der Waals surface area contributed by atoms with Crippen molar-refractivity contribution in [1.29, 1.82) is 0 Å². The Kier molecular flexibility index (Phi) is 4.91. The van der Waals surface area contributed by atoms with Gasteiger partial charge in [-0.1, -0.05) is 19.3 Å². The smallest absolute Gasteiger partial charge is 0.195 e. The van der Waals surface area contributed by atoms with E-state index in [9.17, 15) is 4.79 Å². The number of ether oxygens (including phenoxy) is 1. The zero-order valence-electron chi connectivity index (χ0n) is 11.5. The van der Waals surface area contributed by atoms with Crippen LogP contribution >= 0.6 is 0 Å². The summed E-state index contributed by atoms with van der Waals surface area (Å²) in [6.45, 7) is 2.47. The molecule has 1 saturated carbocycles. The van der Waals surface area contributed by atoms with E-state index in [-0.39, 0.29) is 11.9 Å². The highest BCUT2D eigenvalue weighted by atomic mass is 16.5. The number of anilines is 1. The molecule has 19 heavy (non-hydrogen) atoms. The third kappa shape index (κ3) is 3.32. The molecule has 0 amide bonds. The average Bonchev–Trinajstić information content (AvgIpc) is 2.45. The van der Waals surface area contributed by atoms with Crippen molar-refractivity contribution in [3.63, 3.8) is 0 Å². The van der Waals surface area contributed by atoms with Gasteiger partial charge in [0.2, 0.25) is 0 Å². The molecule has 0 bridgehead atoms. The van der Waals surface area contributed by atoms with Crippen LogP contribution in [0.15, 0.2) is 18.3 Å². The third-order valence-corrected chi connectivity index (χ3v) is 3.79. The minimum Gasteiger partial charge on any atom is -0.383 e. The van der Waals surface area contributed by atoms with Gasteiger partial charge < -0.3 is 10.5 Å². The molecule has 1 fully saturated rings. The lowest BCUT2D eigenvalue weighted by molar-refractivity contribution is 0.0127. The number of carbonyl (C=O) groups is 1. The maximum absolute atomic E-state index is 12.6. The molecule has 0 aliphatic heterocycles. The highest BCUT2D eigenvalue weighted by Crippen LogP contribution is 2.30. The molecular formula is C15H22N2O2.